The molecule has 1 heteroatoms. The lowest BCUT2D eigenvalue weighted by atomic mass is 9.97. The molecule has 1 unspecified atom stereocenters. The Morgan fingerprint density at radius 1 is 0.842 bits per heavy atom. The third kappa shape index (κ3) is 3.93. The number of hydrogen-bond donors (Lipinski definition) is 1. The maximum Gasteiger partial charge on any atom is 0.0578 e. The maximum atomic E-state index is 3.75. The molecule has 0 amide bonds. The molecule has 2 aromatic carbocycles. The number of benzene rings is 2. The molecule has 2 rings (SSSR count). The van der Waals surface area contributed by atoms with Crippen LogP contribution in [0.1, 0.15) is 43.9 Å². The van der Waals surface area contributed by atoms with Crippen LogP contribution in [0.4, 0.5) is 0 Å². The Balaban J connectivity index is 2.24. The highest BCUT2D eigenvalue weighted by Crippen LogP contribution is 2.22. The molecule has 0 bridgehead atoms. The van der Waals surface area contributed by atoms with E-state index in [2.05, 4.69) is 79.8 Å². The highest BCUT2D eigenvalue weighted by atomic mass is 14.9. The lowest BCUT2D eigenvalue weighted by Gasteiger charge is -2.24. The molecule has 0 aliphatic carbocycles. The van der Waals surface area contributed by atoms with Crippen molar-refractivity contribution in [1.82, 2.24) is 5.32 Å². The largest absolute Gasteiger partial charge is 0.304 e. The summed E-state index contributed by atoms with van der Waals surface area (Å²) in [6.07, 6.45) is 2.42. The number of hydrogen-bond acceptors (Lipinski definition) is 1. The molecule has 1 N–H and O–H groups in total. The number of rotatable bonds is 6. The Labute approximate surface area is 116 Å². The van der Waals surface area contributed by atoms with E-state index < -0.39 is 0 Å². The average molecular weight is 253 g/mol. The molecule has 0 heterocycles. The van der Waals surface area contributed by atoms with Gasteiger partial charge in [0.15, 0.2) is 0 Å². The quantitative estimate of drug-likeness (QED) is 0.796. The molecule has 0 fully saturated rings. The molecule has 100 valence electrons. The molecular weight excluding hydrogens is 230 g/mol. The van der Waals surface area contributed by atoms with Crippen LogP contribution >= 0.6 is 0 Å². The molecule has 0 radical (unpaired) electrons. The maximum absolute atomic E-state index is 3.75. The smallest absolute Gasteiger partial charge is 0.0578 e. The van der Waals surface area contributed by atoms with E-state index in [9.17, 15) is 0 Å². The van der Waals surface area contributed by atoms with E-state index in [1.54, 1.807) is 0 Å². The minimum Gasteiger partial charge on any atom is -0.304 e. The van der Waals surface area contributed by atoms with E-state index in [-0.39, 0.29) is 6.04 Å². The first-order valence-electron chi connectivity index (χ1n) is 7.17. The zero-order valence-corrected chi connectivity index (χ0v) is 11.8. The van der Waals surface area contributed by atoms with Crippen LogP contribution in [-0.4, -0.2) is 6.04 Å². The predicted molar refractivity (Wildman–Crippen MR) is 82.2 cm³/mol. The average Bonchev–Trinajstić information content (AvgIpc) is 2.47. The first-order chi connectivity index (χ1) is 9.31. The fraction of sp³-hybridized carbons (Fsp3) is 0.333. The highest BCUT2D eigenvalue weighted by molar-refractivity contribution is 5.31. The van der Waals surface area contributed by atoms with Crippen LogP contribution in [0, 0.1) is 0 Å². The van der Waals surface area contributed by atoms with Crippen molar-refractivity contribution in [3.8, 4) is 0 Å². The van der Waals surface area contributed by atoms with Gasteiger partial charge in [-0.3, -0.25) is 0 Å². The summed E-state index contributed by atoms with van der Waals surface area (Å²) in [5.41, 5.74) is 2.66. The van der Waals surface area contributed by atoms with Gasteiger partial charge in [0, 0.05) is 6.04 Å². The normalized spacial score (nSPS) is 12.6. The SMILES string of the molecule is CCCC(C)NC(c1ccccc1)c1ccccc1. The molecule has 1 atom stereocenters. The van der Waals surface area contributed by atoms with Gasteiger partial charge in [-0.25, -0.2) is 0 Å². The Bertz CT molecular complexity index is 424. The highest BCUT2D eigenvalue weighted by Gasteiger charge is 2.15. The first-order valence-corrected chi connectivity index (χ1v) is 7.17. The summed E-state index contributed by atoms with van der Waals surface area (Å²) in [5.74, 6) is 0. The number of nitrogens with one attached hydrogen (secondary N) is 1. The second-order valence-corrected chi connectivity index (χ2v) is 5.11. The van der Waals surface area contributed by atoms with E-state index in [1.807, 2.05) is 0 Å². The molecule has 0 aliphatic rings. The lowest BCUT2D eigenvalue weighted by molar-refractivity contribution is 0.468. The molecule has 2 aromatic rings. The van der Waals surface area contributed by atoms with E-state index in [0.29, 0.717) is 6.04 Å². The van der Waals surface area contributed by atoms with Gasteiger partial charge < -0.3 is 5.32 Å². The molecule has 0 spiro atoms. The van der Waals surface area contributed by atoms with Gasteiger partial charge in [0.05, 0.1) is 6.04 Å². The van der Waals surface area contributed by atoms with Crippen molar-refractivity contribution in [3.05, 3.63) is 71.8 Å². The molecular formula is C18H23N. The fourth-order valence-corrected chi connectivity index (χ4v) is 2.48. The first kappa shape index (κ1) is 13.8. The van der Waals surface area contributed by atoms with E-state index in [1.165, 1.54) is 24.0 Å². The van der Waals surface area contributed by atoms with Gasteiger partial charge in [-0.1, -0.05) is 74.0 Å². The van der Waals surface area contributed by atoms with Crippen LogP contribution in [0.3, 0.4) is 0 Å². The molecule has 0 saturated carbocycles. The topological polar surface area (TPSA) is 12.0 Å². The zero-order chi connectivity index (χ0) is 13.5. The van der Waals surface area contributed by atoms with Crippen molar-refractivity contribution in [2.75, 3.05) is 0 Å². The summed E-state index contributed by atoms with van der Waals surface area (Å²) >= 11 is 0. The van der Waals surface area contributed by atoms with E-state index in [0.717, 1.165) is 0 Å². The summed E-state index contributed by atoms with van der Waals surface area (Å²) < 4.78 is 0. The third-order valence-corrected chi connectivity index (χ3v) is 3.44. The summed E-state index contributed by atoms with van der Waals surface area (Å²) in [6, 6.07) is 22.2. The summed E-state index contributed by atoms with van der Waals surface area (Å²) in [7, 11) is 0. The van der Waals surface area contributed by atoms with Gasteiger partial charge in [0.1, 0.15) is 0 Å². The summed E-state index contributed by atoms with van der Waals surface area (Å²) in [4.78, 5) is 0. The molecule has 0 aliphatic heterocycles. The van der Waals surface area contributed by atoms with Crippen LogP contribution in [0.5, 0.6) is 0 Å². The van der Waals surface area contributed by atoms with Crippen molar-refractivity contribution < 1.29 is 0 Å². The van der Waals surface area contributed by atoms with E-state index in [4.69, 9.17) is 0 Å². The van der Waals surface area contributed by atoms with Crippen molar-refractivity contribution in [2.24, 2.45) is 0 Å². The van der Waals surface area contributed by atoms with Crippen LogP contribution in [0.15, 0.2) is 60.7 Å². The Morgan fingerprint density at radius 2 is 1.32 bits per heavy atom. The van der Waals surface area contributed by atoms with Crippen molar-refractivity contribution >= 4 is 0 Å². The Hall–Kier alpha value is -1.60. The van der Waals surface area contributed by atoms with Gasteiger partial charge in [0.2, 0.25) is 0 Å². The lowest BCUT2D eigenvalue weighted by Crippen LogP contribution is -2.31. The monoisotopic (exact) mass is 253 g/mol. The van der Waals surface area contributed by atoms with Crippen LogP contribution in [-0.2, 0) is 0 Å². The molecule has 1 nitrogen and oxygen atoms in total. The van der Waals surface area contributed by atoms with Crippen molar-refractivity contribution in [1.29, 1.82) is 0 Å². The fourth-order valence-electron chi connectivity index (χ4n) is 2.48. The van der Waals surface area contributed by atoms with Gasteiger partial charge in [-0.15, -0.1) is 0 Å². The molecule has 0 saturated heterocycles. The Kier molecular flexibility index (Phi) is 5.17. The second-order valence-electron chi connectivity index (χ2n) is 5.11. The zero-order valence-electron chi connectivity index (χ0n) is 11.8. The predicted octanol–water partition coefficient (Wildman–Crippen LogP) is 4.55. The summed E-state index contributed by atoms with van der Waals surface area (Å²) in [5, 5.41) is 3.75. The van der Waals surface area contributed by atoms with Crippen molar-refractivity contribution in [2.45, 2.75) is 38.8 Å². The van der Waals surface area contributed by atoms with Gasteiger partial charge in [0.25, 0.3) is 0 Å². The minimum absolute atomic E-state index is 0.281. The van der Waals surface area contributed by atoms with Crippen molar-refractivity contribution in [3.63, 3.8) is 0 Å². The second kappa shape index (κ2) is 7.10. The van der Waals surface area contributed by atoms with Crippen LogP contribution in [0.25, 0.3) is 0 Å². The third-order valence-electron chi connectivity index (χ3n) is 3.44. The standard InChI is InChI=1S/C18H23N/c1-3-10-15(2)19-18(16-11-6-4-7-12-16)17-13-8-5-9-14-17/h4-9,11-15,18-19H,3,10H2,1-2H3. The van der Waals surface area contributed by atoms with Gasteiger partial charge in [-0.2, -0.15) is 0 Å². The summed E-state index contributed by atoms with van der Waals surface area (Å²) in [6.45, 7) is 4.50. The molecule has 19 heavy (non-hydrogen) atoms. The van der Waals surface area contributed by atoms with E-state index >= 15 is 0 Å². The molecule has 0 aromatic heterocycles. The van der Waals surface area contributed by atoms with Crippen LogP contribution in [0.2, 0.25) is 0 Å². The van der Waals surface area contributed by atoms with Gasteiger partial charge >= 0.3 is 0 Å². The van der Waals surface area contributed by atoms with Gasteiger partial charge in [-0.05, 0) is 24.5 Å². The minimum atomic E-state index is 0.281. The van der Waals surface area contributed by atoms with Crippen LogP contribution < -0.4 is 5.32 Å². The Morgan fingerprint density at radius 3 is 1.74 bits per heavy atom.